The van der Waals surface area contributed by atoms with E-state index < -0.39 is 16.7 Å². The summed E-state index contributed by atoms with van der Waals surface area (Å²) in [4.78, 5) is 8.00. The number of hydrogen-bond donors (Lipinski definition) is 0. The normalized spacial score (nSPS) is 11.6. The fourth-order valence-corrected chi connectivity index (χ4v) is 2.54. The average Bonchev–Trinajstić information content (AvgIpc) is 2.92. The Labute approximate surface area is 138 Å². The van der Waals surface area contributed by atoms with E-state index in [0.717, 1.165) is 5.56 Å². The molecule has 0 amide bonds. The van der Waals surface area contributed by atoms with Gasteiger partial charge in [0.05, 0.1) is 6.21 Å². The van der Waals surface area contributed by atoms with E-state index >= 15 is 0 Å². The minimum atomic E-state index is -4.64. The Kier molecular flexibility index (Phi) is 5.58. The highest BCUT2D eigenvalue weighted by atomic mass is 35.5. The second-order valence-corrected chi connectivity index (χ2v) is 5.81. The Morgan fingerprint density at radius 2 is 2.04 bits per heavy atom. The molecule has 0 aliphatic rings. The fourth-order valence-electron chi connectivity index (χ4n) is 1.58. The average molecular weight is 360 g/mol. The van der Waals surface area contributed by atoms with E-state index in [-0.39, 0.29) is 18.0 Å². The summed E-state index contributed by atoms with van der Waals surface area (Å²) in [5.74, 6) is 0. The summed E-state index contributed by atoms with van der Waals surface area (Å²) in [6.07, 6.45) is -3.28. The number of halogens is 4. The first kappa shape index (κ1) is 17.2. The maximum atomic E-state index is 12.6. The Morgan fingerprint density at radius 3 is 2.61 bits per heavy atom. The molecule has 0 fully saturated rings. The predicted octanol–water partition coefficient (Wildman–Crippen LogP) is 4.43. The maximum absolute atomic E-state index is 12.6. The van der Waals surface area contributed by atoms with Crippen molar-refractivity contribution < 1.29 is 18.0 Å². The molecule has 0 saturated carbocycles. The molecule has 0 bridgehead atoms. The molecule has 23 heavy (non-hydrogen) atoms. The molecule has 0 aliphatic carbocycles. The summed E-state index contributed by atoms with van der Waals surface area (Å²) in [6, 6.07) is 8.46. The number of rotatable bonds is 5. The first-order chi connectivity index (χ1) is 10.9. The minimum absolute atomic E-state index is 0.0516. The second-order valence-electron chi connectivity index (χ2n) is 4.29. The number of nitrogens with zero attached hydrogens (tertiary/aromatic N) is 3. The molecule has 2 rings (SSSR count). The standard InChI is InChI=1S/C14H9ClF3N3OS/c15-10-3-1-9(2-4-10)8-22-20-6-5-12-21-13(14(16,17)18)11(7-19)23-12/h1-4,6H,5,8H2/b20-6-. The summed E-state index contributed by atoms with van der Waals surface area (Å²) in [5.41, 5.74) is -0.303. The molecule has 2 aromatic rings. The molecule has 0 aliphatic heterocycles. The van der Waals surface area contributed by atoms with Crippen LogP contribution in [0, 0.1) is 11.3 Å². The third-order valence-corrected chi connectivity index (χ3v) is 3.84. The zero-order valence-electron chi connectivity index (χ0n) is 11.5. The van der Waals surface area contributed by atoms with Gasteiger partial charge < -0.3 is 4.84 Å². The van der Waals surface area contributed by atoms with Crippen LogP contribution in [0.4, 0.5) is 13.2 Å². The molecule has 0 spiro atoms. The highest BCUT2D eigenvalue weighted by Crippen LogP contribution is 2.33. The Bertz CT molecular complexity index is 735. The highest BCUT2D eigenvalue weighted by Gasteiger charge is 2.37. The SMILES string of the molecule is N#Cc1sc(C/C=N\OCc2ccc(Cl)cc2)nc1C(F)(F)F. The number of aromatic nitrogens is 1. The lowest BCUT2D eigenvalue weighted by Gasteiger charge is -2.01. The number of oxime groups is 1. The third kappa shape index (κ3) is 4.94. The van der Waals surface area contributed by atoms with Gasteiger partial charge in [-0.2, -0.15) is 18.4 Å². The number of benzene rings is 1. The second kappa shape index (κ2) is 7.44. The molecule has 0 N–H and O–H groups in total. The molecule has 4 nitrogen and oxygen atoms in total. The van der Waals surface area contributed by atoms with E-state index in [0.29, 0.717) is 16.4 Å². The van der Waals surface area contributed by atoms with Gasteiger partial charge in [-0.1, -0.05) is 28.9 Å². The summed E-state index contributed by atoms with van der Waals surface area (Å²) < 4.78 is 37.9. The van der Waals surface area contributed by atoms with Gasteiger partial charge in [0, 0.05) is 11.4 Å². The lowest BCUT2D eigenvalue weighted by molar-refractivity contribution is -0.141. The summed E-state index contributed by atoms with van der Waals surface area (Å²) in [6.45, 7) is 0.211. The largest absolute Gasteiger partial charge is 0.435 e. The van der Waals surface area contributed by atoms with Crippen LogP contribution in [0.25, 0.3) is 0 Å². The van der Waals surface area contributed by atoms with Crippen molar-refractivity contribution in [2.45, 2.75) is 19.2 Å². The molecule has 0 unspecified atom stereocenters. The Balaban J connectivity index is 1.89. The number of nitriles is 1. The molecule has 0 saturated heterocycles. The van der Waals surface area contributed by atoms with Crippen molar-refractivity contribution in [2.75, 3.05) is 0 Å². The van der Waals surface area contributed by atoms with Gasteiger partial charge in [0.1, 0.15) is 22.6 Å². The molecule has 0 radical (unpaired) electrons. The Hall–Kier alpha value is -2.11. The monoisotopic (exact) mass is 359 g/mol. The van der Waals surface area contributed by atoms with E-state index in [2.05, 4.69) is 10.1 Å². The summed E-state index contributed by atoms with van der Waals surface area (Å²) in [5, 5.41) is 13.1. The molecule has 0 atom stereocenters. The van der Waals surface area contributed by atoms with Crippen LogP contribution in [0.5, 0.6) is 0 Å². The lowest BCUT2D eigenvalue weighted by atomic mass is 10.2. The Morgan fingerprint density at radius 1 is 1.35 bits per heavy atom. The molecular weight excluding hydrogens is 351 g/mol. The van der Waals surface area contributed by atoms with Crippen LogP contribution in [-0.4, -0.2) is 11.2 Å². The first-order valence-electron chi connectivity index (χ1n) is 6.25. The highest BCUT2D eigenvalue weighted by molar-refractivity contribution is 7.12. The fraction of sp³-hybridized carbons (Fsp3) is 0.214. The van der Waals surface area contributed by atoms with Crippen LogP contribution in [-0.2, 0) is 24.0 Å². The van der Waals surface area contributed by atoms with Gasteiger partial charge >= 0.3 is 6.18 Å². The van der Waals surface area contributed by atoms with Gasteiger partial charge in [-0.25, -0.2) is 4.98 Å². The van der Waals surface area contributed by atoms with Gasteiger partial charge in [0.2, 0.25) is 0 Å². The first-order valence-corrected chi connectivity index (χ1v) is 7.45. The zero-order chi connectivity index (χ0) is 16.9. The minimum Gasteiger partial charge on any atom is -0.391 e. The predicted molar refractivity (Wildman–Crippen MR) is 80.3 cm³/mol. The smallest absolute Gasteiger partial charge is 0.391 e. The molecule has 9 heteroatoms. The van der Waals surface area contributed by atoms with Crippen LogP contribution in [0.1, 0.15) is 21.1 Å². The van der Waals surface area contributed by atoms with Crippen LogP contribution in [0.2, 0.25) is 5.02 Å². The van der Waals surface area contributed by atoms with Crippen LogP contribution in [0.15, 0.2) is 29.4 Å². The molecule has 120 valence electrons. The topological polar surface area (TPSA) is 58.3 Å². The van der Waals surface area contributed by atoms with Crippen molar-refractivity contribution in [3.05, 3.63) is 50.4 Å². The van der Waals surface area contributed by atoms with E-state index in [4.69, 9.17) is 21.7 Å². The van der Waals surface area contributed by atoms with E-state index in [1.54, 1.807) is 24.3 Å². The van der Waals surface area contributed by atoms with Crippen molar-refractivity contribution in [1.82, 2.24) is 4.98 Å². The van der Waals surface area contributed by atoms with Crippen LogP contribution < -0.4 is 0 Å². The van der Waals surface area contributed by atoms with Crippen molar-refractivity contribution >= 4 is 29.2 Å². The van der Waals surface area contributed by atoms with Crippen LogP contribution in [0.3, 0.4) is 0 Å². The number of hydrogen-bond acceptors (Lipinski definition) is 5. The van der Waals surface area contributed by atoms with E-state index in [1.807, 2.05) is 0 Å². The van der Waals surface area contributed by atoms with Crippen molar-refractivity contribution in [3.63, 3.8) is 0 Å². The molecule has 1 heterocycles. The van der Waals surface area contributed by atoms with Crippen LogP contribution >= 0.6 is 22.9 Å². The van der Waals surface area contributed by atoms with Gasteiger partial charge in [-0.05, 0) is 17.7 Å². The van der Waals surface area contributed by atoms with Gasteiger partial charge in [-0.3, -0.25) is 0 Å². The quantitative estimate of drug-likeness (QED) is 0.586. The summed E-state index contributed by atoms with van der Waals surface area (Å²) in [7, 11) is 0. The molecule has 1 aromatic carbocycles. The van der Waals surface area contributed by atoms with E-state index in [1.165, 1.54) is 12.3 Å². The zero-order valence-corrected chi connectivity index (χ0v) is 13.0. The summed E-state index contributed by atoms with van der Waals surface area (Å²) >= 11 is 6.43. The van der Waals surface area contributed by atoms with Crippen molar-refractivity contribution in [1.29, 1.82) is 5.26 Å². The number of thiazole rings is 1. The number of alkyl halides is 3. The maximum Gasteiger partial charge on any atom is 0.435 e. The molecule has 1 aromatic heterocycles. The lowest BCUT2D eigenvalue weighted by Crippen LogP contribution is -2.07. The van der Waals surface area contributed by atoms with Crippen molar-refractivity contribution in [3.8, 4) is 6.07 Å². The van der Waals surface area contributed by atoms with Gasteiger partial charge in [0.15, 0.2) is 5.69 Å². The van der Waals surface area contributed by atoms with Gasteiger partial charge in [0.25, 0.3) is 0 Å². The third-order valence-electron chi connectivity index (χ3n) is 2.60. The van der Waals surface area contributed by atoms with Gasteiger partial charge in [-0.15, -0.1) is 11.3 Å². The molecular formula is C14H9ClF3N3OS. The van der Waals surface area contributed by atoms with Crippen molar-refractivity contribution in [2.24, 2.45) is 5.16 Å². The van der Waals surface area contributed by atoms with E-state index in [9.17, 15) is 13.2 Å².